The first kappa shape index (κ1) is 16.2. The van der Waals surface area contributed by atoms with E-state index in [9.17, 15) is 0 Å². The minimum Gasteiger partial charge on any atom is -0.316 e. The van der Waals surface area contributed by atoms with Gasteiger partial charge in [-0.1, -0.05) is 27.7 Å². The molecule has 0 saturated carbocycles. The zero-order valence-corrected chi connectivity index (χ0v) is 13.4. The van der Waals surface area contributed by atoms with E-state index in [1.807, 2.05) is 0 Å². The molecule has 1 aromatic heterocycles. The van der Waals surface area contributed by atoms with E-state index >= 15 is 0 Å². The van der Waals surface area contributed by atoms with E-state index in [4.69, 9.17) is 0 Å². The van der Waals surface area contributed by atoms with E-state index in [0.29, 0.717) is 5.41 Å². The maximum atomic E-state index is 4.57. The molecule has 0 spiro atoms. The molecule has 0 atom stereocenters. The van der Waals surface area contributed by atoms with Crippen molar-refractivity contribution in [2.24, 2.45) is 12.5 Å². The van der Waals surface area contributed by atoms with Gasteiger partial charge in [0.15, 0.2) is 0 Å². The second-order valence-electron chi connectivity index (χ2n) is 5.66. The molecule has 0 radical (unpaired) electrons. The van der Waals surface area contributed by atoms with Gasteiger partial charge in [-0.15, -0.1) is 0 Å². The van der Waals surface area contributed by atoms with Crippen molar-refractivity contribution < 1.29 is 0 Å². The van der Waals surface area contributed by atoms with Gasteiger partial charge in [0.05, 0.1) is 5.69 Å². The van der Waals surface area contributed by atoms with Crippen LogP contribution < -0.4 is 5.32 Å². The highest BCUT2D eigenvalue weighted by Crippen LogP contribution is 2.30. The van der Waals surface area contributed by atoms with Crippen LogP contribution in [0.5, 0.6) is 0 Å². The van der Waals surface area contributed by atoms with Crippen LogP contribution >= 0.6 is 0 Å². The molecule has 0 aliphatic heterocycles. The Kier molecular flexibility index (Phi) is 6.56. The van der Waals surface area contributed by atoms with Gasteiger partial charge in [-0.25, -0.2) is 0 Å². The first-order chi connectivity index (χ1) is 9.10. The largest absolute Gasteiger partial charge is 0.316 e. The molecular weight excluding hydrogens is 234 g/mol. The van der Waals surface area contributed by atoms with Crippen LogP contribution in [0.15, 0.2) is 6.07 Å². The zero-order chi connectivity index (χ0) is 14.3. The fraction of sp³-hybridized carbons (Fsp3) is 0.812. The smallest absolute Gasteiger partial charge is 0.0624 e. The molecule has 0 aliphatic rings. The standard InChI is InChI=1S/C16H31N3/c1-6-10-17-13-16(8-3,9-4)12-15-11-14(7-2)18-19(15)5/h11,17H,6-10,12-13H2,1-5H3. The van der Waals surface area contributed by atoms with E-state index in [-0.39, 0.29) is 0 Å². The fourth-order valence-corrected chi connectivity index (χ4v) is 2.64. The van der Waals surface area contributed by atoms with Crippen molar-refractivity contribution in [3.63, 3.8) is 0 Å². The van der Waals surface area contributed by atoms with Crippen LogP contribution in [0, 0.1) is 5.41 Å². The van der Waals surface area contributed by atoms with E-state index in [0.717, 1.165) is 25.9 Å². The average Bonchev–Trinajstić information content (AvgIpc) is 2.78. The maximum Gasteiger partial charge on any atom is 0.0624 e. The molecule has 1 N–H and O–H groups in total. The minimum atomic E-state index is 0.369. The Hall–Kier alpha value is -0.830. The average molecular weight is 265 g/mol. The number of nitrogens with zero attached hydrogens (tertiary/aromatic N) is 2. The summed E-state index contributed by atoms with van der Waals surface area (Å²) in [5.41, 5.74) is 2.95. The van der Waals surface area contributed by atoms with Gasteiger partial charge in [-0.05, 0) is 50.1 Å². The van der Waals surface area contributed by atoms with Gasteiger partial charge in [0.1, 0.15) is 0 Å². The molecule has 1 aromatic rings. The Bertz CT molecular complexity index is 364. The second-order valence-corrected chi connectivity index (χ2v) is 5.66. The number of rotatable bonds is 9. The molecule has 0 aliphatic carbocycles. The van der Waals surface area contributed by atoms with Gasteiger partial charge >= 0.3 is 0 Å². The molecule has 3 heteroatoms. The number of nitrogens with one attached hydrogen (secondary N) is 1. The molecule has 0 bridgehead atoms. The minimum absolute atomic E-state index is 0.369. The van der Waals surface area contributed by atoms with Crippen LogP contribution in [0.25, 0.3) is 0 Å². The highest BCUT2D eigenvalue weighted by Gasteiger charge is 2.27. The third-order valence-corrected chi connectivity index (χ3v) is 4.37. The first-order valence-corrected chi connectivity index (χ1v) is 7.83. The van der Waals surface area contributed by atoms with Gasteiger partial charge in [0.25, 0.3) is 0 Å². The molecule has 19 heavy (non-hydrogen) atoms. The summed E-state index contributed by atoms with van der Waals surface area (Å²) in [7, 11) is 2.07. The van der Waals surface area contributed by atoms with Crippen LogP contribution in [0.4, 0.5) is 0 Å². The van der Waals surface area contributed by atoms with E-state index in [2.05, 4.69) is 55.9 Å². The monoisotopic (exact) mass is 265 g/mol. The van der Waals surface area contributed by atoms with Gasteiger partial charge in [0.2, 0.25) is 0 Å². The van der Waals surface area contributed by atoms with Crippen molar-refractivity contribution in [2.75, 3.05) is 13.1 Å². The molecule has 0 amide bonds. The number of hydrogen-bond donors (Lipinski definition) is 1. The molecule has 110 valence electrons. The summed E-state index contributed by atoms with van der Waals surface area (Å²) in [6.45, 7) is 11.2. The Morgan fingerprint density at radius 1 is 1.21 bits per heavy atom. The lowest BCUT2D eigenvalue weighted by molar-refractivity contribution is 0.241. The Morgan fingerprint density at radius 3 is 2.37 bits per heavy atom. The van der Waals surface area contributed by atoms with Crippen molar-refractivity contribution in [1.82, 2.24) is 15.1 Å². The van der Waals surface area contributed by atoms with E-state index in [1.54, 1.807) is 0 Å². The SMILES string of the molecule is CCCNCC(CC)(CC)Cc1cc(CC)nn1C. The summed E-state index contributed by atoms with van der Waals surface area (Å²) in [6, 6.07) is 2.28. The number of aromatic nitrogens is 2. The van der Waals surface area contributed by atoms with Crippen LogP contribution in [0.1, 0.15) is 58.3 Å². The van der Waals surface area contributed by atoms with Crippen molar-refractivity contribution in [3.05, 3.63) is 17.5 Å². The van der Waals surface area contributed by atoms with Crippen molar-refractivity contribution >= 4 is 0 Å². The molecule has 1 rings (SSSR count). The molecule has 0 saturated heterocycles. The van der Waals surface area contributed by atoms with Crippen LogP contribution in [0.3, 0.4) is 0 Å². The number of hydrogen-bond acceptors (Lipinski definition) is 2. The quantitative estimate of drug-likeness (QED) is 0.694. The number of aryl methyl sites for hydroxylation is 2. The third kappa shape index (κ3) is 4.34. The Labute approximate surface area is 118 Å². The summed E-state index contributed by atoms with van der Waals surface area (Å²) < 4.78 is 2.07. The maximum absolute atomic E-state index is 4.57. The first-order valence-electron chi connectivity index (χ1n) is 7.83. The molecule has 1 heterocycles. The lowest BCUT2D eigenvalue weighted by Gasteiger charge is -2.32. The molecule has 0 fully saturated rings. The molecule has 3 nitrogen and oxygen atoms in total. The lowest BCUT2D eigenvalue weighted by atomic mass is 9.78. The van der Waals surface area contributed by atoms with Crippen molar-refractivity contribution in [1.29, 1.82) is 0 Å². The molecule has 0 aromatic carbocycles. The van der Waals surface area contributed by atoms with E-state index in [1.165, 1.54) is 30.7 Å². The summed E-state index contributed by atoms with van der Waals surface area (Å²) in [5.74, 6) is 0. The predicted molar refractivity (Wildman–Crippen MR) is 82.5 cm³/mol. The van der Waals surface area contributed by atoms with Crippen LogP contribution in [-0.4, -0.2) is 22.9 Å². The van der Waals surface area contributed by atoms with Crippen molar-refractivity contribution in [3.8, 4) is 0 Å². The fourth-order valence-electron chi connectivity index (χ4n) is 2.64. The predicted octanol–water partition coefficient (Wildman–Crippen LogP) is 3.33. The highest BCUT2D eigenvalue weighted by molar-refractivity contribution is 5.12. The summed E-state index contributed by atoms with van der Waals surface area (Å²) in [5, 5.41) is 8.18. The summed E-state index contributed by atoms with van der Waals surface area (Å²) >= 11 is 0. The van der Waals surface area contributed by atoms with Crippen LogP contribution in [-0.2, 0) is 19.9 Å². The zero-order valence-electron chi connectivity index (χ0n) is 13.4. The molecular formula is C16H31N3. The van der Waals surface area contributed by atoms with Crippen LogP contribution in [0.2, 0.25) is 0 Å². The van der Waals surface area contributed by atoms with Gasteiger partial charge in [-0.2, -0.15) is 5.10 Å². The topological polar surface area (TPSA) is 29.9 Å². The van der Waals surface area contributed by atoms with Gasteiger partial charge < -0.3 is 5.32 Å². The summed E-state index contributed by atoms with van der Waals surface area (Å²) in [6.07, 6.45) is 5.78. The van der Waals surface area contributed by atoms with Gasteiger partial charge in [0, 0.05) is 19.3 Å². The second kappa shape index (κ2) is 7.68. The third-order valence-electron chi connectivity index (χ3n) is 4.37. The summed E-state index contributed by atoms with van der Waals surface area (Å²) in [4.78, 5) is 0. The Morgan fingerprint density at radius 2 is 1.89 bits per heavy atom. The molecule has 0 unspecified atom stereocenters. The normalized spacial score (nSPS) is 12.1. The van der Waals surface area contributed by atoms with Gasteiger partial charge in [-0.3, -0.25) is 4.68 Å². The highest BCUT2D eigenvalue weighted by atomic mass is 15.3. The van der Waals surface area contributed by atoms with Crippen molar-refractivity contribution in [2.45, 2.75) is 59.8 Å². The van der Waals surface area contributed by atoms with E-state index < -0.39 is 0 Å². The Balaban J connectivity index is 2.78. The lowest BCUT2D eigenvalue weighted by Crippen LogP contribution is -2.36.